The smallest absolute Gasteiger partial charge is 0.166 e. The van der Waals surface area contributed by atoms with Crippen LogP contribution < -0.4 is 5.73 Å². The Morgan fingerprint density at radius 3 is 2.33 bits per heavy atom. The van der Waals surface area contributed by atoms with Gasteiger partial charge in [-0.1, -0.05) is 35.9 Å². The number of hydrogen-bond donors (Lipinski definition) is 1. The molecule has 3 heteroatoms. The van der Waals surface area contributed by atoms with Gasteiger partial charge in [0.1, 0.15) is 0 Å². The molecule has 0 saturated carbocycles. The highest BCUT2D eigenvalue weighted by atomic mass is 19.2. The summed E-state index contributed by atoms with van der Waals surface area (Å²) in [5.41, 5.74) is 8.67. The zero-order valence-corrected chi connectivity index (χ0v) is 10.4. The van der Waals surface area contributed by atoms with Crippen molar-refractivity contribution in [3.8, 4) is 11.1 Å². The Morgan fingerprint density at radius 2 is 1.67 bits per heavy atom. The van der Waals surface area contributed by atoms with Crippen molar-refractivity contribution in [2.45, 2.75) is 20.4 Å². The normalized spacial score (nSPS) is 10.7. The number of nitrogens with two attached hydrogens (primary N) is 1. The van der Waals surface area contributed by atoms with Crippen LogP contribution in [0.1, 0.15) is 16.7 Å². The second-order valence-corrected chi connectivity index (χ2v) is 4.42. The van der Waals surface area contributed by atoms with E-state index in [1.807, 2.05) is 25.1 Å². The first-order valence-electron chi connectivity index (χ1n) is 5.79. The topological polar surface area (TPSA) is 26.0 Å². The molecular weight excluding hydrogens is 232 g/mol. The Bertz CT molecular complexity index is 591. The first kappa shape index (κ1) is 12.7. The van der Waals surface area contributed by atoms with Crippen LogP contribution in [0.15, 0.2) is 30.3 Å². The first-order chi connectivity index (χ1) is 8.54. The first-order valence-corrected chi connectivity index (χ1v) is 5.79. The molecule has 0 spiro atoms. The van der Waals surface area contributed by atoms with E-state index in [1.165, 1.54) is 0 Å². The maximum Gasteiger partial charge on any atom is 0.166 e. The summed E-state index contributed by atoms with van der Waals surface area (Å²) in [4.78, 5) is 0. The predicted molar refractivity (Wildman–Crippen MR) is 69.2 cm³/mol. The van der Waals surface area contributed by atoms with Crippen LogP contribution in [-0.4, -0.2) is 0 Å². The maximum atomic E-state index is 14.0. The molecule has 0 fully saturated rings. The van der Waals surface area contributed by atoms with Crippen LogP contribution in [0, 0.1) is 25.5 Å². The number of rotatable bonds is 2. The molecule has 0 aromatic heterocycles. The van der Waals surface area contributed by atoms with Gasteiger partial charge in [-0.15, -0.1) is 0 Å². The van der Waals surface area contributed by atoms with Gasteiger partial charge >= 0.3 is 0 Å². The van der Waals surface area contributed by atoms with Crippen molar-refractivity contribution in [3.05, 3.63) is 58.7 Å². The van der Waals surface area contributed by atoms with Crippen molar-refractivity contribution in [1.82, 2.24) is 0 Å². The second kappa shape index (κ2) is 4.86. The summed E-state index contributed by atoms with van der Waals surface area (Å²) in [6.07, 6.45) is 0. The molecule has 0 aliphatic heterocycles. The molecule has 2 rings (SSSR count). The lowest BCUT2D eigenvalue weighted by Crippen LogP contribution is -2.01. The van der Waals surface area contributed by atoms with Crippen molar-refractivity contribution in [1.29, 1.82) is 0 Å². The molecule has 94 valence electrons. The number of halogens is 2. The van der Waals surface area contributed by atoms with E-state index in [4.69, 9.17) is 5.73 Å². The summed E-state index contributed by atoms with van der Waals surface area (Å²) in [5, 5.41) is 0. The summed E-state index contributed by atoms with van der Waals surface area (Å²) >= 11 is 0. The summed E-state index contributed by atoms with van der Waals surface area (Å²) in [6.45, 7) is 3.75. The van der Waals surface area contributed by atoms with Gasteiger partial charge < -0.3 is 5.73 Å². The van der Waals surface area contributed by atoms with Gasteiger partial charge in [0, 0.05) is 12.1 Å². The highest BCUT2D eigenvalue weighted by molar-refractivity contribution is 5.69. The van der Waals surface area contributed by atoms with Crippen LogP contribution in [0.2, 0.25) is 0 Å². The fraction of sp³-hybridized carbons (Fsp3) is 0.200. The quantitative estimate of drug-likeness (QED) is 0.860. The summed E-state index contributed by atoms with van der Waals surface area (Å²) in [5.74, 6) is -1.60. The third kappa shape index (κ3) is 2.14. The van der Waals surface area contributed by atoms with Crippen molar-refractivity contribution >= 4 is 0 Å². The van der Waals surface area contributed by atoms with Gasteiger partial charge in [-0.05, 0) is 30.5 Å². The fourth-order valence-corrected chi connectivity index (χ4v) is 1.97. The Balaban J connectivity index is 2.69. The van der Waals surface area contributed by atoms with Gasteiger partial charge in [-0.3, -0.25) is 0 Å². The molecule has 0 aliphatic rings. The summed E-state index contributed by atoms with van der Waals surface area (Å²) in [7, 11) is 0. The van der Waals surface area contributed by atoms with E-state index in [1.54, 1.807) is 19.1 Å². The van der Waals surface area contributed by atoms with Gasteiger partial charge in [0.2, 0.25) is 0 Å². The minimum Gasteiger partial charge on any atom is -0.326 e. The van der Waals surface area contributed by atoms with Crippen LogP contribution in [0.25, 0.3) is 11.1 Å². The monoisotopic (exact) mass is 247 g/mol. The van der Waals surface area contributed by atoms with Crippen LogP contribution in [0.5, 0.6) is 0 Å². The molecule has 0 radical (unpaired) electrons. The summed E-state index contributed by atoms with van der Waals surface area (Å²) in [6, 6.07) is 8.77. The Kier molecular flexibility index (Phi) is 3.43. The van der Waals surface area contributed by atoms with Gasteiger partial charge in [0.15, 0.2) is 11.6 Å². The van der Waals surface area contributed by atoms with Crippen LogP contribution in [-0.2, 0) is 6.54 Å². The average Bonchev–Trinajstić information content (AvgIpc) is 2.36. The van der Waals surface area contributed by atoms with E-state index >= 15 is 0 Å². The van der Waals surface area contributed by atoms with Crippen molar-refractivity contribution in [2.24, 2.45) is 5.73 Å². The Hall–Kier alpha value is -1.74. The highest BCUT2D eigenvalue weighted by Crippen LogP contribution is 2.29. The predicted octanol–water partition coefficient (Wildman–Crippen LogP) is 3.71. The van der Waals surface area contributed by atoms with E-state index < -0.39 is 11.6 Å². The molecule has 0 saturated heterocycles. The van der Waals surface area contributed by atoms with Gasteiger partial charge in [-0.2, -0.15) is 0 Å². The molecule has 1 nitrogen and oxygen atoms in total. The molecule has 0 heterocycles. The van der Waals surface area contributed by atoms with E-state index in [0.717, 1.165) is 11.1 Å². The Labute approximate surface area is 105 Å². The molecule has 2 N–H and O–H groups in total. The molecule has 18 heavy (non-hydrogen) atoms. The van der Waals surface area contributed by atoms with Gasteiger partial charge in [0.05, 0.1) is 0 Å². The minimum absolute atomic E-state index is 0.266. The second-order valence-electron chi connectivity index (χ2n) is 4.42. The minimum atomic E-state index is -0.810. The lowest BCUT2D eigenvalue weighted by atomic mass is 9.96. The Morgan fingerprint density at radius 1 is 0.944 bits per heavy atom. The SMILES string of the molecule is Cc1ccc(CN)c(-c2ccc(C)c(F)c2F)c1. The number of aryl methyl sites for hydroxylation is 2. The molecule has 2 aromatic carbocycles. The molecular formula is C15H15F2N. The van der Waals surface area contributed by atoms with Gasteiger partial charge in [0.25, 0.3) is 0 Å². The van der Waals surface area contributed by atoms with Crippen LogP contribution in [0.4, 0.5) is 8.78 Å². The van der Waals surface area contributed by atoms with Crippen molar-refractivity contribution in [3.63, 3.8) is 0 Å². The average molecular weight is 247 g/mol. The van der Waals surface area contributed by atoms with Crippen LogP contribution >= 0.6 is 0 Å². The largest absolute Gasteiger partial charge is 0.326 e. The number of hydrogen-bond acceptors (Lipinski definition) is 1. The molecule has 0 unspecified atom stereocenters. The van der Waals surface area contributed by atoms with Crippen molar-refractivity contribution < 1.29 is 8.78 Å². The third-order valence-corrected chi connectivity index (χ3v) is 3.05. The lowest BCUT2D eigenvalue weighted by molar-refractivity contribution is 0.505. The zero-order chi connectivity index (χ0) is 13.3. The fourth-order valence-electron chi connectivity index (χ4n) is 1.97. The van der Waals surface area contributed by atoms with Gasteiger partial charge in [-0.25, -0.2) is 8.78 Å². The van der Waals surface area contributed by atoms with Crippen molar-refractivity contribution in [2.75, 3.05) is 0 Å². The number of benzene rings is 2. The molecule has 0 bridgehead atoms. The highest BCUT2D eigenvalue weighted by Gasteiger charge is 2.14. The standard InChI is InChI=1S/C15H15F2N/c1-9-3-5-11(8-18)13(7-9)12-6-4-10(2)14(16)15(12)17/h3-7H,8,18H2,1-2H3. The molecule has 2 aromatic rings. The molecule has 0 amide bonds. The van der Waals surface area contributed by atoms with E-state index in [9.17, 15) is 8.78 Å². The maximum absolute atomic E-state index is 14.0. The summed E-state index contributed by atoms with van der Waals surface area (Å²) < 4.78 is 27.6. The third-order valence-electron chi connectivity index (χ3n) is 3.05. The molecule has 0 atom stereocenters. The zero-order valence-electron chi connectivity index (χ0n) is 10.4. The van der Waals surface area contributed by atoms with E-state index in [2.05, 4.69) is 0 Å². The van der Waals surface area contributed by atoms with E-state index in [0.29, 0.717) is 17.7 Å². The van der Waals surface area contributed by atoms with E-state index in [-0.39, 0.29) is 5.56 Å². The lowest BCUT2D eigenvalue weighted by Gasteiger charge is -2.11. The molecule has 0 aliphatic carbocycles. The van der Waals surface area contributed by atoms with Crippen LogP contribution in [0.3, 0.4) is 0 Å².